The highest BCUT2D eigenvalue weighted by Crippen LogP contribution is 2.20. The molecule has 4 rings (SSSR count). The Balaban J connectivity index is 1.53. The van der Waals surface area contributed by atoms with E-state index < -0.39 is 0 Å². The van der Waals surface area contributed by atoms with E-state index in [1.807, 2.05) is 40.8 Å². The lowest BCUT2D eigenvalue weighted by Crippen LogP contribution is -2.36. The number of aromatic nitrogens is 3. The molecular weight excluding hydrogens is 330 g/mol. The standard InChI is InChI=1S/C19H21N5O2/c1-14-17(6-9-26-14)19(25)23-11-15(10-21-18-4-2-3-7-20-18)12-24-16(13-23)5-8-22-24/h2-9,15H,10-13H2,1H3,(H,20,21)/t15-/m1/s1. The second-order valence-corrected chi connectivity index (χ2v) is 6.54. The van der Waals surface area contributed by atoms with E-state index in [1.54, 1.807) is 24.7 Å². The van der Waals surface area contributed by atoms with Gasteiger partial charge in [0, 0.05) is 37.9 Å². The van der Waals surface area contributed by atoms with Gasteiger partial charge in [-0.15, -0.1) is 0 Å². The molecule has 0 unspecified atom stereocenters. The number of pyridine rings is 1. The van der Waals surface area contributed by atoms with Gasteiger partial charge in [-0.1, -0.05) is 6.07 Å². The highest BCUT2D eigenvalue weighted by Gasteiger charge is 2.27. The van der Waals surface area contributed by atoms with Gasteiger partial charge in [-0.3, -0.25) is 9.48 Å². The average molecular weight is 351 g/mol. The predicted molar refractivity (Wildman–Crippen MR) is 96.6 cm³/mol. The van der Waals surface area contributed by atoms with Crippen LogP contribution >= 0.6 is 0 Å². The number of carbonyl (C=O) groups is 1. The van der Waals surface area contributed by atoms with Crippen LogP contribution in [0.1, 0.15) is 21.8 Å². The minimum atomic E-state index is -0.00580. The number of carbonyl (C=O) groups excluding carboxylic acids is 1. The van der Waals surface area contributed by atoms with Crippen molar-refractivity contribution < 1.29 is 9.21 Å². The molecule has 26 heavy (non-hydrogen) atoms. The van der Waals surface area contributed by atoms with Crippen molar-refractivity contribution in [1.82, 2.24) is 19.7 Å². The molecule has 0 fully saturated rings. The maximum atomic E-state index is 13.0. The van der Waals surface area contributed by atoms with E-state index in [2.05, 4.69) is 15.4 Å². The van der Waals surface area contributed by atoms with Crippen molar-refractivity contribution in [2.75, 3.05) is 18.4 Å². The second kappa shape index (κ2) is 7.03. The Morgan fingerprint density at radius 3 is 2.96 bits per heavy atom. The van der Waals surface area contributed by atoms with Gasteiger partial charge in [-0.05, 0) is 31.2 Å². The van der Waals surface area contributed by atoms with Gasteiger partial charge in [0.2, 0.25) is 0 Å². The number of amides is 1. The molecule has 0 saturated heterocycles. The largest absolute Gasteiger partial charge is 0.469 e. The molecule has 0 aliphatic carbocycles. The third kappa shape index (κ3) is 3.33. The minimum Gasteiger partial charge on any atom is -0.469 e. The summed E-state index contributed by atoms with van der Waals surface area (Å²) in [7, 11) is 0. The van der Waals surface area contributed by atoms with E-state index in [0.717, 1.165) is 18.1 Å². The SMILES string of the molecule is Cc1occc1C(=O)N1Cc2ccnn2C[C@H](CNc2ccccn2)C1. The smallest absolute Gasteiger partial charge is 0.257 e. The van der Waals surface area contributed by atoms with Gasteiger partial charge < -0.3 is 14.6 Å². The first-order valence-electron chi connectivity index (χ1n) is 8.69. The molecule has 1 amide bonds. The lowest BCUT2D eigenvalue weighted by Gasteiger charge is -2.24. The summed E-state index contributed by atoms with van der Waals surface area (Å²) in [6, 6.07) is 9.48. The van der Waals surface area contributed by atoms with Crippen LogP contribution in [-0.4, -0.2) is 38.7 Å². The van der Waals surface area contributed by atoms with Crippen molar-refractivity contribution in [3.63, 3.8) is 0 Å². The number of furan rings is 1. The van der Waals surface area contributed by atoms with Crippen LogP contribution in [0.4, 0.5) is 5.82 Å². The van der Waals surface area contributed by atoms with Crippen molar-refractivity contribution in [2.24, 2.45) is 5.92 Å². The fourth-order valence-electron chi connectivity index (χ4n) is 3.31. The molecule has 0 aromatic carbocycles. The summed E-state index contributed by atoms with van der Waals surface area (Å²) in [5, 5.41) is 7.77. The van der Waals surface area contributed by atoms with Gasteiger partial charge in [0.05, 0.1) is 24.1 Å². The summed E-state index contributed by atoms with van der Waals surface area (Å²) in [4.78, 5) is 19.2. The van der Waals surface area contributed by atoms with Gasteiger partial charge in [0.25, 0.3) is 5.91 Å². The van der Waals surface area contributed by atoms with Crippen molar-refractivity contribution in [3.8, 4) is 0 Å². The molecule has 3 aromatic rings. The summed E-state index contributed by atoms with van der Waals surface area (Å²) in [6.45, 7) is 4.48. The number of anilines is 1. The summed E-state index contributed by atoms with van der Waals surface area (Å²) < 4.78 is 7.30. The number of fused-ring (bicyclic) bond motifs is 1. The molecule has 1 aliphatic rings. The van der Waals surface area contributed by atoms with Gasteiger partial charge in [0.1, 0.15) is 11.6 Å². The molecule has 0 saturated carbocycles. The number of hydrogen-bond acceptors (Lipinski definition) is 5. The average Bonchev–Trinajstić information content (AvgIpc) is 3.24. The van der Waals surface area contributed by atoms with Crippen LogP contribution in [0.15, 0.2) is 53.4 Å². The molecule has 1 atom stereocenters. The normalized spacial score (nSPS) is 16.8. The Kier molecular flexibility index (Phi) is 4.43. The van der Waals surface area contributed by atoms with Crippen LogP contribution < -0.4 is 5.32 Å². The first-order valence-corrected chi connectivity index (χ1v) is 8.69. The topological polar surface area (TPSA) is 76.2 Å². The summed E-state index contributed by atoms with van der Waals surface area (Å²) in [6.07, 6.45) is 5.11. The van der Waals surface area contributed by atoms with E-state index in [0.29, 0.717) is 31.0 Å². The summed E-state index contributed by atoms with van der Waals surface area (Å²) >= 11 is 0. The highest BCUT2D eigenvalue weighted by molar-refractivity contribution is 5.95. The van der Waals surface area contributed by atoms with Crippen molar-refractivity contribution in [1.29, 1.82) is 0 Å². The van der Waals surface area contributed by atoms with Gasteiger partial charge in [-0.25, -0.2) is 4.98 Å². The molecule has 3 aromatic heterocycles. The fourth-order valence-corrected chi connectivity index (χ4v) is 3.31. The molecule has 1 N–H and O–H groups in total. The number of aryl methyl sites for hydroxylation is 1. The van der Waals surface area contributed by atoms with E-state index in [4.69, 9.17) is 4.42 Å². The van der Waals surface area contributed by atoms with Crippen LogP contribution in [-0.2, 0) is 13.1 Å². The zero-order valence-electron chi connectivity index (χ0n) is 14.6. The molecule has 7 nitrogen and oxygen atoms in total. The van der Waals surface area contributed by atoms with Crippen LogP contribution in [0.25, 0.3) is 0 Å². The maximum absolute atomic E-state index is 13.0. The Bertz CT molecular complexity index is 886. The molecule has 134 valence electrons. The monoisotopic (exact) mass is 351 g/mol. The molecule has 0 bridgehead atoms. The third-order valence-corrected chi connectivity index (χ3v) is 4.68. The summed E-state index contributed by atoms with van der Waals surface area (Å²) in [5.74, 6) is 1.69. The predicted octanol–water partition coefficient (Wildman–Crippen LogP) is 2.56. The Labute approximate surface area is 151 Å². The van der Waals surface area contributed by atoms with Gasteiger partial charge in [-0.2, -0.15) is 5.10 Å². The highest BCUT2D eigenvalue weighted by atomic mass is 16.3. The molecule has 0 radical (unpaired) electrons. The Morgan fingerprint density at radius 2 is 2.19 bits per heavy atom. The van der Waals surface area contributed by atoms with E-state index >= 15 is 0 Å². The van der Waals surface area contributed by atoms with Gasteiger partial charge >= 0.3 is 0 Å². The fraction of sp³-hybridized carbons (Fsp3) is 0.316. The molecular formula is C19H21N5O2. The van der Waals surface area contributed by atoms with Crippen LogP contribution in [0.2, 0.25) is 0 Å². The van der Waals surface area contributed by atoms with Crippen molar-refractivity contribution in [2.45, 2.75) is 20.0 Å². The number of hydrogen-bond donors (Lipinski definition) is 1. The number of rotatable bonds is 4. The zero-order chi connectivity index (χ0) is 17.9. The van der Waals surface area contributed by atoms with Crippen LogP contribution in [0.3, 0.4) is 0 Å². The summed E-state index contributed by atoms with van der Waals surface area (Å²) in [5.41, 5.74) is 1.66. The van der Waals surface area contributed by atoms with Gasteiger partial charge in [0.15, 0.2) is 0 Å². The lowest BCUT2D eigenvalue weighted by molar-refractivity contribution is 0.0722. The zero-order valence-corrected chi connectivity index (χ0v) is 14.6. The van der Waals surface area contributed by atoms with E-state index in [1.165, 1.54) is 0 Å². The minimum absolute atomic E-state index is 0.00580. The molecule has 1 aliphatic heterocycles. The molecule has 7 heteroatoms. The van der Waals surface area contributed by atoms with Crippen LogP contribution in [0.5, 0.6) is 0 Å². The molecule has 4 heterocycles. The number of nitrogens with zero attached hydrogens (tertiary/aromatic N) is 4. The number of nitrogens with one attached hydrogen (secondary N) is 1. The van der Waals surface area contributed by atoms with E-state index in [9.17, 15) is 4.79 Å². The third-order valence-electron chi connectivity index (χ3n) is 4.68. The first kappa shape index (κ1) is 16.4. The van der Waals surface area contributed by atoms with Crippen LogP contribution in [0, 0.1) is 12.8 Å². The lowest BCUT2D eigenvalue weighted by atomic mass is 10.1. The first-order chi connectivity index (χ1) is 12.7. The maximum Gasteiger partial charge on any atom is 0.257 e. The van der Waals surface area contributed by atoms with Crippen molar-refractivity contribution >= 4 is 11.7 Å². The van der Waals surface area contributed by atoms with E-state index in [-0.39, 0.29) is 11.8 Å². The van der Waals surface area contributed by atoms with Crippen molar-refractivity contribution in [3.05, 3.63) is 66.0 Å². The Morgan fingerprint density at radius 1 is 1.27 bits per heavy atom. The second-order valence-electron chi connectivity index (χ2n) is 6.54. The Hall–Kier alpha value is -3.09. The quantitative estimate of drug-likeness (QED) is 0.782. The molecule has 0 spiro atoms.